The van der Waals surface area contributed by atoms with Crippen molar-refractivity contribution in [1.29, 1.82) is 0 Å². The van der Waals surface area contributed by atoms with Crippen molar-refractivity contribution in [2.45, 2.75) is 50.4 Å². The number of halogens is 1. The average molecular weight is 372 g/mol. The zero-order valence-corrected chi connectivity index (χ0v) is 14.8. The van der Waals surface area contributed by atoms with Crippen molar-refractivity contribution in [3.63, 3.8) is 0 Å². The number of piperidine rings is 1. The van der Waals surface area contributed by atoms with E-state index in [1.54, 1.807) is 12.1 Å². The van der Waals surface area contributed by atoms with E-state index in [-0.39, 0.29) is 37.0 Å². The molecule has 0 saturated carbocycles. The molecule has 4 aliphatic rings. The maximum absolute atomic E-state index is 15.3. The second kappa shape index (κ2) is 6.02. The number of hydrogen-bond donors (Lipinski definition) is 2. The minimum absolute atomic E-state index is 0.0685. The van der Waals surface area contributed by atoms with Gasteiger partial charge in [-0.15, -0.1) is 0 Å². The highest BCUT2D eigenvalue weighted by Crippen LogP contribution is 2.35. The quantitative estimate of drug-likeness (QED) is 0.740. The molecular formula is C19H21FN4O3. The van der Waals surface area contributed by atoms with Crippen LogP contribution in [-0.4, -0.2) is 53.8 Å². The van der Waals surface area contributed by atoms with Crippen LogP contribution < -0.4 is 15.5 Å². The Hall–Kier alpha value is -2.48. The summed E-state index contributed by atoms with van der Waals surface area (Å²) in [7, 11) is 0. The lowest BCUT2D eigenvalue weighted by atomic mass is 10.0. The highest BCUT2D eigenvalue weighted by molar-refractivity contribution is 6.05. The molecule has 142 valence electrons. The monoisotopic (exact) mass is 372 g/mol. The van der Waals surface area contributed by atoms with Gasteiger partial charge in [0.2, 0.25) is 11.8 Å². The number of hydrogen-bond acceptors (Lipinski definition) is 5. The van der Waals surface area contributed by atoms with E-state index in [9.17, 15) is 14.4 Å². The number of imide groups is 1. The van der Waals surface area contributed by atoms with Crippen molar-refractivity contribution < 1.29 is 18.8 Å². The molecule has 0 spiro atoms. The molecule has 3 atom stereocenters. The van der Waals surface area contributed by atoms with Gasteiger partial charge in [-0.05, 0) is 31.4 Å². The third-order valence-corrected chi connectivity index (χ3v) is 6.19. The third-order valence-electron chi connectivity index (χ3n) is 6.19. The predicted octanol–water partition coefficient (Wildman–Crippen LogP) is 0.527. The normalized spacial score (nSPS) is 30.0. The van der Waals surface area contributed by atoms with E-state index in [1.807, 2.05) is 0 Å². The summed E-state index contributed by atoms with van der Waals surface area (Å²) in [5.41, 5.74) is 1.21. The number of rotatable bonds is 2. The van der Waals surface area contributed by atoms with E-state index in [1.165, 1.54) is 4.90 Å². The largest absolute Gasteiger partial charge is 0.366 e. The van der Waals surface area contributed by atoms with Crippen LogP contribution in [0.3, 0.4) is 0 Å². The van der Waals surface area contributed by atoms with Crippen LogP contribution in [0.1, 0.15) is 41.6 Å². The van der Waals surface area contributed by atoms with Gasteiger partial charge in [-0.1, -0.05) is 0 Å². The summed E-state index contributed by atoms with van der Waals surface area (Å²) < 4.78 is 15.3. The molecule has 1 aromatic rings. The first-order chi connectivity index (χ1) is 13.0. The van der Waals surface area contributed by atoms with Crippen molar-refractivity contribution in [3.05, 3.63) is 29.1 Å². The van der Waals surface area contributed by atoms with Crippen molar-refractivity contribution in [2.75, 3.05) is 18.0 Å². The average Bonchev–Trinajstić information content (AvgIpc) is 3.15. The highest BCUT2D eigenvalue weighted by Gasteiger charge is 2.41. The van der Waals surface area contributed by atoms with Gasteiger partial charge in [0.05, 0.1) is 12.2 Å². The van der Waals surface area contributed by atoms with Gasteiger partial charge in [-0.25, -0.2) is 4.39 Å². The lowest BCUT2D eigenvalue weighted by Crippen LogP contribution is -2.52. The first-order valence-electron chi connectivity index (χ1n) is 9.48. The molecule has 0 radical (unpaired) electrons. The van der Waals surface area contributed by atoms with Crippen LogP contribution in [0.25, 0.3) is 0 Å². The summed E-state index contributed by atoms with van der Waals surface area (Å²) in [6, 6.07) is 3.41. The fourth-order valence-electron chi connectivity index (χ4n) is 4.83. The Morgan fingerprint density at radius 3 is 2.48 bits per heavy atom. The second-order valence-electron chi connectivity index (χ2n) is 7.87. The molecule has 3 fully saturated rings. The van der Waals surface area contributed by atoms with Gasteiger partial charge < -0.3 is 15.1 Å². The maximum Gasteiger partial charge on any atom is 0.255 e. The van der Waals surface area contributed by atoms with Crippen molar-refractivity contribution in [3.8, 4) is 0 Å². The Balaban J connectivity index is 1.42. The second-order valence-corrected chi connectivity index (χ2v) is 7.87. The Labute approximate surface area is 155 Å². The Kier molecular flexibility index (Phi) is 3.72. The summed E-state index contributed by atoms with van der Waals surface area (Å²) in [6.45, 7) is 1.59. The minimum atomic E-state index is -0.722. The van der Waals surface area contributed by atoms with E-state index < -0.39 is 11.9 Å². The lowest BCUT2D eigenvalue weighted by Gasteiger charge is -2.35. The molecule has 27 heavy (non-hydrogen) atoms. The van der Waals surface area contributed by atoms with E-state index in [4.69, 9.17) is 0 Å². The first-order valence-corrected chi connectivity index (χ1v) is 9.48. The Bertz CT molecular complexity index is 846. The predicted molar refractivity (Wildman–Crippen MR) is 94.6 cm³/mol. The molecule has 7 nitrogen and oxygen atoms in total. The van der Waals surface area contributed by atoms with Gasteiger partial charge in [0.25, 0.3) is 5.91 Å². The van der Waals surface area contributed by atoms with Gasteiger partial charge >= 0.3 is 0 Å². The Morgan fingerprint density at radius 1 is 1.04 bits per heavy atom. The molecule has 3 unspecified atom stereocenters. The summed E-state index contributed by atoms with van der Waals surface area (Å²) in [6.07, 6.45) is 2.68. The smallest absolute Gasteiger partial charge is 0.255 e. The summed E-state index contributed by atoms with van der Waals surface area (Å²) in [4.78, 5) is 39.7. The van der Waals surface area contributed by atoms with Crippen LogP contribution in [0.2, 0.25) is 0 Å². The molecule has 4 aliphatic heterocycles. The van der Waals surface area contributed by atoms with Crippen molar-refractivity contribution in [2.24, 2.45) is 0 Å². The molecule has 2 N–H and O–H groups in total. The molecule has 5 rings (SSSR count). The number of benzene rings is 1. The maximum atomic E-state index is 15.3. The van der Waals surface area contributed by atoms with Gasteiger partial charge in [-0.2, -0.15) is 0 Å². The van der Waals surface area contributed by atoms with Gasteiger partial charge in [0.15, 0.2) is 5.82 Å². The highest BCUT2D eigenvalue weighted by atomic mass is 19.1. The van der Waals surface area contributed by atoms with Gasteiger partial charge in [-0.3, -0.25) is 19.7 Å². The number of nitrogens with zero attached hydrogens (tertiary/aromatic N) is 2. The third kappa shape index (κ3) is 2.62. The van der Waals surface area contributed by atoms with Gasteiger partial charge in [0, 0.05) is 42.7 Å². The molecule has 2 bridgehead atoms. The number of piperazine rings is 1. The fraction of sp³-hybridized carbons (Fsp3) is 0.526. The number of fused-ring (bicyclic) bond motifs is 3. The molecule has 4 heterocycles. The van der Waals surface area contributed by atoms with Gasteiger partial charge in [0.1, 0.15) is 6.04 Å². The molecule has 3 amide bonds. The molecular weight excluding hydrogens is 351 g/mol. The number of amides is 3. The Morgan fingerprint density at radius 2 is 1.78 bits per heavy atom. The number of nitrogens with one attached hydrogen (secondary N) is 2. The zero-order valence-electron chi connectivity index (χ0n) is 14.8. The van der Waals surface area contributed by atoms with Crippen LogP contribution >= 0.6 is 0 Å². The summed E-state index contributed by atoms with van der Waals surface area (Å²) >= 11 is 0. The van der Waals surface area contributed by atoms with Crippen LogP contribution in [0, 0.1) is 5.82 Å². The van der Waals surface area contributed by atoms with Crippen molar-refractivity contribution in [1.82, 2.24) is 15.5 Å². The van der Waals surface area contributed by atoms with Crippen molar-refractivity contribution >= 4 is 23.4 Å². The standard InChI is InChI=1S/C19H21FN4O3/c20-17-13-9-24(15-5-6-16(25)22-18(15)26)19(27)12(13)3-4-14(17)23-7-10-1-2-11(8-23)21-10/h3-4,10-11,15,21H,1-2,5-9H2,(H,22,25,26). The van der Waals surface area contributed by atoms with E-state index in [0.717, 1.165) is 25.9 Å². The van der Waals surface area contributed by atoms with Crippen LogP contribution in [0.5, 0.6) is 0 Å². The SMILES string of the molecule is O=C1CCC(N2Cc3c(ccc(N4CC5CCC(C4)N5)c3F)C2=O)C(=O)N1. The molecule has 3 saturated heterocycles. The zero-order chi connectivity index (χ0) is 18.7. The van der Waals surface area contributed by atoms with E-state index in [2.05, 4.69) is 15.5 Å². The van der Waals surface area contributed by atoms with Crippen LogP contribution in [-0.2, 0) is 16.1 Å². The molecule has 0 aromatic heterocycles. The van der Waals surface area contributed by atoms with E-state index in [0.29, 0.717) is 28.9 Å². The molecule has 0 aliphatic carbocycles. The fourth-order valence-corrected chi connectivity index (χ4v) is 4.83. The topological polar surface area (TPSA) is 81.8 Å². The van der Waals surface area contributed by atoms with Crippen LogP contribution in [0.15, 0.2) is 12.1 Å². The molecule has 1 aromatic carbocycles. The van der Waals surface area contributed by atoms with E-state index >= 15 is 4.39 Å². The number of carbonyl (C=O) groups is 3. The lowest BCUT2D eigenvalue weighted by molar-refractivity contribution is -0.136. The number of carbonyl (C=O) groups excluding carboxylic acids is 3. The van der Waals surface area contributed by atoms with Crippen LogP contribution in [0.4, 0.5) is 10.1 Å². The first kappa shape index (κ1) is 16.7. The summed E-state index contributed by atoms with van der Waals surface area (Å²) in [5.74, 6) is -1.52. The number of anilines is 1. The molecule has 8 heteroatoms. The summed E-state index contributed by atoms with van der Waals surface area (Å²) in [5, 5.41) is 5.80. The minimum Gasteiger partial charge on any atom is -0.366 e.